The van der Waals surface area contributed by atoms with Gasteiger partial charge in [-0.05, 0) is 55.4 Å². The van der Waals surface area contributed by atoms with E-state index >= 15 is 0 Å². The minimum Gasteiger partial charge on any atom is -0.329 e. The molecule has 2 N–H and O–H groups in total. The van der Waals surface area contributed by atoms with Gasteiger partial charge >= 0.3 is 6.18 Å². The fraction of sp³-hybridized carbons (Fsp3) is 0.421. The topological polar surface area (TPSA) is 44.9 Å². The molecule has 3 atom stereocenters. The lowest BCUT2D eigenvalue weighted by Crippen LogP contribution is -2.29. The van der Waals surface area contributed by atoms with Crippen LogP contribution in [-0.4, -0.2) is 11.0 Å². The molecule has 1 heterocycles. The fourth-order valence-electron chi connectivity index (χ4n) is 3.55. The Labute approximate surface area is 144 Å². The van der Waals surface area contributed by atoms with Crippen molar-refractivity contribution in [3.8, 4) is 0 Å². The van der Waals surface area contributed by atoms with Gasteiger partial charge in [0, 0.05) is 24.3 Å². The van der Waals surface area contributed by atoms with Gasteiger partial charge in [-0.25, -0.2) is 0 Å². The standard InChI is InChI=1S/C19H21F3N2O/c1-12(13-3-2-4-16(9-13)19(20,21)22)24-17-7-5-14(10-17)15-6-8-18(25)23-11-15/h2-4,6,8-9,11-12,14,17,24H,5,7,10H2,1H3,(H,23,25). The number of rotatable bonds is 4. The maximum Gasteiger partial charge on any atom is 0.416 e. The van der Waals surface area contributed by atoms with E-state index < -0.39 is 11.7 Å². The maximum absolute atomic E-state index is 12.9. The Morgan fingerprint density at radius 1 is 1.20 bits per heavy atom. The van der Waals surface area contributed by atoms with Gasteiger partial charge in [0.15, 0.2) is 0 Å². The van der Waals surface area contributed by atoms with E-state index in [2.05, 4.69) is 10.3 Å². The van der Waals surface area contributed by atoms with Crippen LogP contribution in [0.25, 0.3) is 0 Å². The number of hydrogen-bond donors (Lipinski definition) is 2. The van der Waals surface area contributed by atoms with Crippen molar-refractivity contribution in [3.05, 3.63) is 69.6 Å². The molecule has 1 aromatic carbocycles. The Hall–Kier alpha value is -2.08. The van der Waals surface area contributed by atoms with E-state index in [1.807, 2.05) is 13.0 Å². The molecule has 25 heavy (non-hydrogen) atoms. The average molecular weight is 350 g/mol. The normalized spacial score (nSPS) is 22.1. The van der Waals surface area contributed by atoms with Gasteiger partial charge in [-0.1, -0.05) is 18.2 Å². The molecule has 1 saturated carbocycles. The van der Waals surface area contributed by atoms with Gasteiger partial charge in [0.05, 0.1) is 5.56 Å². The summed E-state index contributed by atoms with van der Waals surface area (Å²) in [4.78, 5) is 13.8. The summed E-state index contributed by atoms with van der Waals surface area (Å²) in [6, 6.07) is 8.96. The molecule has 1 aliphatic carbocycles. The number of benzene rings is 1. The molecule has 0 amide bonds. The SMILES string of the molecule is CC(NC1CCC(c2ccc(=O)[nH]c2)C1)c1cccc(C(F)(F)F)c1. The van der Waals surface area contributed by atoms with Crippen LogP contribution in [0, 0.1) is 0 Å². The van der Waals surface area contributed by atoms with Crippen molar-refractivity contribution >= 4 is 0 Å². The van der Waals surface area contributed by atoms with Crippen LogP contribution in [0.1, 0.15) is 54.8 Å². The Morgan fingerprint density at radius 3 is 2.68 bits per heavy atom. The van der Waals surface area contributed by atoms with E-state index in [0.717, 1.165) is 30.9 Å². The van der Waals surface area contributed by atoms with Crippen LogP contribution in [-0.2, 0) is 6.18 Å². The second-order valence-corrected chi connectivity index (χ2v) is 6.70. The first-order chi connectivity index (χ1) is 11.8. The molecule has 1 aliphatic rings. The lowest BCUT2D eigenvalue weighted by atomic mass is 9.99. The van der Waals surface area contributed by atoms with Gasteiger partial charge < -0.3 is 10.3 Å². The first-order valence-corrected chi connectivity index (χ1v) is 8.45. The number of halogens is 3. The highest BCUT2D eigenvalue weighted by atomic mass is 19.4. The zero-order valence-electron chi connectivity index (χ0n) is 13.9. The largest absolute Gasteiger partial charge is 0.416 e. The van der Waals surface area contributed by atoms with Gasteiger partial charge in [-0.3, -0.25) is 4.79 Å². The first kappa shape index (κ1) is 17.7. The highest BCUT2D eigenvalue weighted by molar-refractivity contribution is 5.28. The minimum absolute atomic E-state index is 0.116. The molecule has 3 rings (SSSR count). The van der Waals surface area contributed by atoms with Crippen molar-refractivity contribution in [2.45, 2.75) is 50.4 Å². The summed E-state index contributed by atoms with van der Waals surface area (Å²) < 4.78 is 38.6. The van der Waals surface area contributed by atoms with E-state index in [1.165, 1.54) is 18.2 Å². The Balaban J connectivity index is 1.63. The van der Waals surface area contributed by atoms with E-state index in [4.69, 9.17) is 0 Å². The molecule has 0 radical (unpaired) electrons. The molecule has 134 valence electrons. The summed E-state index contributed by atoms with van der Waals surface area (Å²) in [5.41, 5.74) is 1.02. The molecule has 0 spiro atoms. The summed E-state index contributed by atoms with van der Waals surface area (Å²) in [6.45, 7) is 1.89. The van der Waals surface area contributed by atoms with E-state index in [1.54, 1.807) is 12.3 Å². The predicted octanol–water partition coefficient (Wildman–Crippen LogP) is 4.38. The minimum atomic E-state index is -4.32. The van der Waals surface area contributed by atoms with Crippen LogP contribution in [0.4, 0.5) is 13.2 Å². The highest BCUT2D eigenvalue weighted by Crippen LogP contribution is 2.35. The van der Waals surface area contributed by atoms with Crippen molar-refractivity contribution in [2.75, 3.05) is 0 Å². The Kier molecular flexibility index (Phi) is 4.99. The van der Waals surface area contributed by atoms with E-state index in [9.17, 15) is 18.0 Å². The number of pyridine rings is 1. The molecule has 6 heteroatoms. The average Bonchev–Trinajstić information content (AvgIpc) is 3.03. The van der Waals surface area contributed by atoms with Crippen molar-refractivity contribution in [1.29, 1.82) is 0 Å². The number of aromatic nitrogens is 1. The first-order valence-electron chi connectivity index (χ1n) is 8.45. The van der Waals surface area contributed by atoms with Crippen LogP contribution >= 0.6 is 0 Å². The third-order valence-corrected chi connectivity index (χ3v) is 4.91. The van der Waals surface area contributed by atoms with Gasteiger partial charge in [-0.2, -0.15) is 13.2 Å². The lowest BCUT2D eigenvalue weighted by molar-refractivity contribution is -0.137. The number of H-pyrrole nitrogens is 1. The molecule has 0 aliphatic heterocycles. The molecular formula is C19H21F3N2O. The second kappa shape index (κ2) is 7.04. The van der Waals surface area contributed by atoms with Gasteiger partial charge in [0.2, 0.25) is 5.56 Å². The van der Waals surface area contributed by atoms with Crippen LogP contribution in [0.15, 0.2) is 47.4 Å². The summed E-state index contributed by atoms with van der Waals surface area (Å²) >= 11 is 0. The zero-order chi connectivity index (χ0) is 18.0. The predicted molar refractivity (Wildman–Crippen MR) is 90.4 cm³/mol. The number of alkyl halides is 3. The molecule has 1 fully saturated rings. The van der Waals surface area contributed by atoms with Gasteiger partial charge in [-0.15, -0.1) is 0 Å². The Bertz CT molecular complexity index is 764. The van der Waals surface area contributed by atoms with Crippen molar-refractivity contribution in [2.24, 2.45) is 0 Å². The number of nitrogens with one attached hydrogen (secondary N) is 2. The van der Waals surface area contributed by atoms with E-state index in [0.29, 0.717) is 11.5 Å². The summed E-state index contributed by atoms with van der Waals surface area (Å²) in [5, 5.41) is 3.45. The van der Waals surface area contributed by atoms with E-state index in [-0.39, 0.29) is 17.6 Å². The molecule has 1 aromatic heterocycles. The van der Waals surface area contributed by atoms with Crippen LogP contribution in [0.3, 0.4) is 0 Å². The molecule has 3 nitrogen and oxygen atoms in total. The fourth-order valence-corrected chi connectivity index (χ4v) is 3.55. The number of hydrogen-bond acceptors (Lipinski definition) is 2. The van der Waals surface area contributed by atoms with Crippen LogP contribution < -0.4 is 10.9 Å². The molecule has 2 aromatic rings. The van der Waals surface area contributed by atoms with Crippen molar-refractivity contribution in [1.82, 2.24) is 10.3 Å². The van der Waals surface area contributed by atoms with Gasteiger partial charge in [0.1, 0.15) is 0 Å². The summed E-state index contributed by atoms with van der Waals surface area (Å²) in [5.74, 6) is 0.364. The summed E-state index contributed by atoms with van der Waals surface area (Å²) in [7, 11) is 0. The van der Waals surface area contributed by atoms with Crippen LogP contribution in [0.2, 0.25) is 0 Å². The molecule has 0 bridgehead atoms. The second-order valence-electron chi connectivity index (χ2n) is 6.70. The summed E-state index contributed by atoms with van der Waals surface area (Å²) in [6.07, 6.45) is 0.311. The van der Waals surface area contributed by atoms with Crippen molar-refractivity contribution in [3.63, 3.8) is 0 Å². The number of aromatic amines is 1. The van der Waals surface area contributed by atoms with Gasteiger partial charge in [0.25, 0.3) is 0 Å². The lowest BCUT2D eigenvalue weighted by Gasteiger charge is -2.21. The quantitative estimate of drug-likeness (QED) is 0.859. The molecule has 3 unspecified atom stereocenters. The third kappa shape index (κ3) is 4.31. The molecular weight excluding hydrogens is 329 g/mol. The monoisotopic (exact) mass is 350 g/mol. The smallest absolute Gasteiger partial charge is 0.329 e. The third-order valence-electron chi connectivity index (χ3n) is 4.91. The Morgan fingerprint density at radius 2 is 2.00 bits per heavy atom. The maximum atomic E-state index is 12.9. The highest BCUT2D eigenvalue weighted by Gasteiger charge is 2.31. The molecule has 0 saturated heterocycles. The van der Waals surface area contributed by atoms with Crippen LogP contribution in [0.5, 0.6) is 0 Å². The van der Waals surface area contributed by atoms with Crippen molar-refractivity contribution < 1.29 is 13.2 Å². The zero-order valence-corrected chi connectivity index (χ0v) is 13.9.